The molecule has 2 N–H and O–H groups in total. The fourth-order valence-electron chi connectivity index (χ4n) is 8.35. The van der Waals surface area contributed by atoms with Gasteiger partial charge in [0.25, 0.3) is 11.8 Å². The number of ketones is 1. The van der Waals surface area contributed by atoms with E-state index in [0.717, 1.165) is 13.8 Å². The fraction of sp³-hybridized carbons (Fsp3) is 0.611. The molecular weight excluding hydrogens is 1010 g/mol. The van der Waals surface area contributed by atoms with Crippen LogP contribution in [0.3, 0.4) is 0 Å². The van der Waals surface area contributed by atoms with Gasteiger partial charge in [-0.2, -0.15) is 0 Å². The fourth-order valence-corrected chi connectivity index (χ4v) is 8.35. The molecule has 77 heavy (non-hydrogen) atoms. The van der Waals surface area contributed by atoms with Crippen LogP contribution in [0.25, 0.3) is 0 Å². The van der Waals surface area contributed by atoms with E-state index >= 15 is 0 Å². The molecule has 0 aliphatic carbocycles. The highest BCUT2D eigenvalue weighted by molar-refractivity contribution is 5.84. The zero-order chi connectivity index (χ0) is 56.4. The van der Waals surface area contributed by atoms with Crippen LogP contribution in [0.15, 0.2) is 60.7 Å². The number of Topliss-reactive ketones (excluding diaryl/α,β-unsaturated/α-hetero) is 1. The number of hydrogen-bond donors (Lipinski definition) is 2. The minimum absolute atomic E-state index is 0.0617. The van der Waals surface area contributed by atoms with E-state index in [1.165, 1.54) is 27.9 Å². The van der Waals surface area contributed by atoms with Crippen LogP contribution in [0.2, 0.25) is 0 Å². The molecule has 2 saturated heterocycles. The lowest BCUT2D eigenvalue weighted by Gasteiger charge is -2.49. The van der Waals surface area contributed by atoms with Gasteiger partial charge in [0.2, 0.25) is 0 Å². The van der Waals surface area contributed by atoms with Crippen LogP contribution in [-0.4, -0.2) is 154 Å². The van der Waals surface area contributed by atoms with Gasteiger partial charge in [0.1, 0.15) is 24.1 Å². The number of esters is 6. The first kappa shape index (κ1) is 63.2. The molecule has 0 aromatic heterocycles. The number of methoxy groups -OCH3 is 1. The summed E-state index contributed by atoms with van der Waals surface area (Å²) in [7, 11) is 1.30. The lowest BCUT2D eigenvalue weighted by molar-refractivity contribution is -0.353. The van der Waals surface area contributed by atoms with Gasteiger partial charge in [-0.1, -0.05) is 67.1 Å². The lowest BCUT2D eigenvalue weighted by atomic mass is 9.94. The number of unbranched alkanes of at least 4 members (excludes halogenated alkanes) is 2. The van der Waals surface area contributed by atoms with Crippen LogP contribution in [0.4, 0.5) is 0 Å². The quantitative estimate of drug-likeness (QED) is 0.0617. The van der Waals surface area contributed by atoms with Crippen molar-refractivity contribution in [1.82, 2.24) is 10.6 Å². The summed E-state index contributed by atoms with van der Waals surface area (Å²) in [6, 6.07) is 15.7. The Morgan fingerprint density at radius 3 is 1.45 bits per heavy atom. The topological polar surface area (TPSA) is 288 Å². The van der Waals surface area contributed by atoms with Crippen LogP contribution in [0.1, 0.15) is 111 Å². The van der Waals surface area contributed by atoms with E-state index < -0.39 is 115 Å². The molecule has 0 spiro atoms. The number of ether oxygens (including phenoxy) is 12. The van der Waals surface area contributed by atoms with Crippen molar-refractivity contribution in [2.45, 2.75) is 187 Å². The van der Waals surface area contributed by atoms with Gasteiger partial charge in [0, 0.05) is 60.0 Å². The second-order valence-corrected chi connectivity index (χ2v) is 18.5. The maximum Gasteiger partial charge on any atom is 0.306 e. The molecule has 23 heteroatoms. The summed E-state index contributed by atoms with van der Waals surface area (Å²) in [6.07, 6.45) is -12.7. The van der Waals surface area contributed by atoms with Crippen molar-refractivity contribution in [2.24, 2.45) is 0 Å². The van der Waals surface area contributed by atoms with Crippen LogP contribution in [-0.2, 0) is 113 Å². The second kappa shape index (κ2) is 33.0. The van der Waals surface area contributed by atoms with E-state index in [2.05, 4.69) is 10.6 Å². The molecule has 2 fully saturated rings. The first-order valence-electron chi connectivity index (χ1n) is 25.6. The predicted molar refractivity (Wildman–Crippen MR) is 267 cm³/mol. The Kier molecular flexibility index (Phi) is 27.1. The summed E-state index contributed by atoms with van der Waals surface area (Å²) in [6.45, 7) is 8.52. The van der Waals surface area contributed by atoms with Crippen LogP contribution in [0.5, 0.6) is 0 Å². The number of carbonyl (C=O) groups excluding carboxylic acids is 9. The smallest absolute Gasteiger partial charge is 0.306 e. The highest BCUT2D eigenvalue weighted by atomic mass is 16.8. The first-order valence-corrected chi connectivity index (χ1v) is 25.6. The largest absolute Gasteiger partial charge is 0.469 e. The Morgan fingerprint density at radius 1 is 0.519 bits per heavy atom. The van der Waals surface area contributed by atoms with Gasteiger partial charge in [-0.15, -0.1) is 0 Å². The van der Waals surface area contributed by atoms with Gasteiger partial charge in [0.05, 0.1) is 64.2 Å². The van der Waals surface area contributed by atoms with Crippen molar-refractivity contribution < 1.29 is 100.0 Å². The third kappa shape index (κ3) is 22.3. The molecule has 12 atom stereocenters. The van der Waals surface area contributed by atoms with Crippen molar-refractivity contribution in [2.75, 3.05) is 26.9 Å². The van der Waals surface area contributed by atoms with Gasteiger partial charge < -0.3 is 72.3 Å². The van der Waals surface area contributed by atoms with Crippen LogP contribution < -0.4 is 10.6 Å². The Morgan fingerprint density at radius 2 is 1.00 bits per heavy atom. The molecular formula is C54H74N2O21. The number of nitrogens with one attached hydrogen (secondary N) is 2. The average Bonchev–Trinajstić information content (AvgIpc) is 3.38. The molecule has 0 radical (unpaired) electrons. The maximum absolute atomic E-state index is 14.2. The summed E-state index contributed by atoms with van der Waals surface area (Å²) in [4.78, 5) is 114. The van der Waals surface area contributed by atoms with E-state index in [1.807, 2.05) is 18.2 Å². The zero-order valence-electron chi connectivity index (χ0n) is 45.0. The monoisotopic (exact) mass is 1090 g/mol. The van der Waals surface area contributed by atoms with Crippen molar-refractivity contribution in [3.63, 3.8) is 0 Å². The van der Waals surface area contributed by atoms with Crippen LogP contribution in [0, 0.1) is 0 Å². The molecule has 0 unspecified atom stereocenters. The predicted octanol–water partition coefficient (Wildman–Crippen LogP) is 3.80. The summed E-state index contributed by atoms with van der Waals surface area (Å²) in [5.74, 6) is -5.98. The van der Waals surface area contributed by atoms with Gasteiger partial charge in [-0.05, 0) is 44.7 Å². The number of hydrogen-bond acceptors (Lipinski definition) is 21. The van der Waals surface area contributed by atoms with E-state index in [0.29, 0.717) is 30.4 Å². The molecule has 2 amide bonds. The van der Waals surface area contributed by atoms with Crippen molar-refractivity contribution in [1.29, 1.82) is 0 Å². The van der Waals surface area contributed by atoms with Gasteiger partial charge in [-0.25, -0.2) is 0 Å². The average molecular weight is 1090 g/mol. The van der Waals surface area contributed by atoms with E-state index in [-0.39, 0.29) is 76.9 Å². The van der Waals surface area contributed by atoms with E-state index in [1.54, 1.807) is 56.3 Å². The Labute approximate surface area is 448 Å². The molecule has 2 aliphatic rings. The minimum Gasteiger partial charge on any atom is -0.469 e. The standard InChI is InChI=1S/C54H74N2O21/c1-32(57)23-24-44(63)76-50-48(71-31-40-20-14-10-15-21-40)46(56-52(65)42(75-38(7)61)26-29-68-36(5)59)34(3)73-54(50)77-49-47(70-30-39-18-12-9-13-19-39)45(55-51(64)41(74-37(6)60)25-28-67-35(4)58)33(2)72-53(49)69-27-17-11-16-22-43(62)66-8/h9-10,12-15,18-21,33-34,41-42,45-50,53-54H,11,16-17,22-31H2,1-8H3,(H,55,64)(H,56,65)/t33-,34-,41-,42-,45-,46-,47+,48+,49+,50+,53+,54+/m1/s1. The SMILES string of the molecule is COC(=O)CCCCCO[C@H]1O[C@H](C)[C@@H](NC(=O)[C@@H](CCOC(C)=O)OC(C)=O)[C@H](OCc2ccccc2)[C@@H]1O[C@@H]1O[C@H](C)[C@@H](NC(=O)[C@@H](CCOC(C)=O)OC(C)=O)[C@H](OCc2ccccc2)[C@@H]1OC(=O)CCC(C)=O. The third-order valence-electron chi connectivity index (χ3n) is 12.1. The highest BCUT2D eigenvalue weighted by Crippen LogP contribution is 2.35. The molecule has 4 rings (SSSR count). The molecule has 2 aliphatic heterocycles. The molecule has 426 valence electrons. The molecule has 0 bridgehead atoms. The Balaban J connectivity index is 1.85. The number of rotatable bonds is 31. The zero-order valence-corrected chi connectivity index (χ0v) is 45.0. The number of carbonyl (C=O) groups is 9. The molecule has 2 aromatic carbocycles. The normalized spacial score (nSPS) is 23.7. The minimum atomic E-state index is -1.63. The van der Waals surface area contributed by atoms with Gasteiger partial charge >= 0.3 is 35.8 Å². The first-order chi connectivity index (χ1) is 36.8. The second-order valence-electron chi connectivity index (χ2n) is 18.5. The Hall–Kier alpha value is -6.37. The van der Waals surface area contributed by atoms with E-state index in [9.17, 15) is 43.2 Å². The maximum atomic E-state index is 14.2. The molecule has 2 heterocycles. The number of benzene rings is 2. The van der Waals surface area contributed by atoms with E-state index in [4.69, 9.17) is 56.8 Å². The van der Waals surface area contributed by atoms with Crippen LogP contribution >= 0.6 is 0 Å². The Bertz CT molecular complexity index is 2230. The van der Waals surface area contributed by atoms with Gasteiger partial charge in [0.15, 0.2) is 30.9 Å². The molecule has 23 nitrogen and oxygen atoms in total. The van der Waals surface area contributed by atoms with Gasteiger partial charge in [-0.3, -0.25) is 38.4 Å². The summed E-state index contributed by atoms with van der Waals surface area (Å²) in [5.41, 5.74) is 1.39. The molecule has 2 aromatic rings. The number of amides is 2. The third-order valence-corrected chi connectivity index (χ3v) is 12.1. The van der Waals surface area contributed by atoms with Crippen molar-refractivity contribution in [3.8, 4) is 0 Å². The summed E-state index contributed by atoms with van der Waals surface area (Å²) < 4.78 is 71.7. The summed E-state index contributed by atoms with van der Waals surface area (Å²) in [5, 5.41) is 5.75. The van der Waals surface area contributed by atoms with Crippen molar-refractivity contribution in [3.05, 3.63) is 71.8 Å². The van der Waals surface area contributed by atoms with Crippen molar-refractivity contribution >= 4 is 53.4 Å². The highest BCUT2D eigenvalue weighted by Gasteiger charge is 2.54. The molecule has 0 saturated carbocycles. The lowest BCUT2D eigenvalue weighted by Crippen LogP contribution is -2.69. The summed E-state index contributed by atoms with van der Waals surface area (Å²) >= 11 is 0.